The highest BCUT2D eigenvalue weighted by Crippen LogP contribution is 2.35. The minimum Gasteiger partial charge on any atom is -0.340 e. The molecular formula is C23H22N6O. The monoisotopic (exact) mass is 398 g/mol. The van der Waals surface area contributed by atoms with Gasteiger partial charge in [0.1, 0.15) is 5.82 Å². The number of hydrogen-bond donors (Lipinski definition) is 1. The fraction of sp³-hybridized carbons (Fsp3) is 0.217. The highest BCUT2D eigenvalue weighted by Gasteiger charge is 2.36. The SMILES string of the molecule is C=C1CC(c2nc3c(C)cccc3[nH]2)N(C(=O)c2nc(C)ccc2-n2cccn2)C1. The number of aromatic nitrogens is 5. The Labute approximate surface area is 174 Å². The van der Waals surface area contributed by atoms with E-state index < -0.39 is 0 Å². The number of para-hydroxylation sites is 1. The molecule has 4 heterocycles. The molecule has 1 aliphatic heterocycles. The highest BCUT2D eigenvalue weighted by atomic mass is 16.2. The van der Waals surface area contributed by atoms with Crippen molar-refractivity contribution in [1.29, 1.82) is 0 Å². The van der Waals surface area contributed by atoms with Gasteiger partial charge in [0.15, 0.2) is 5.69 Å². The van der Waals surface area contributed by atoms with Gasteiger partial charge in [-0.05, 0) is 50.1 Å². The number of fused-ring (bicyclic) bond motifs is 1. The Hall–Kier alpha value is -3.74. The summed E-state index contributed by atoms with van der Waals surface area (Å²) in [5.41, 5.74) is 5.83. The minimum atomic E-state index is -0.204. The van der Waals surface area contributed by atoms with Crippen molar-refractivity contribution in [2.45, 2.75) is 26.3 Å². The number of nitrogens with zero attached hydrogens (tertiary/aromatic N) is 5. The summed E-state index contributed by atoms with van der Waals surface area (Å²) < 4.78 is 1.67. The van der Waals surface area contributed by atoms with E-state index in [1.54, 1.807) is 10.9 Å². The first kappa shape index (κ1) is 18.3. The number of hydrogen-bond acceptors (Lipinski definition) is 4. The number of nitrogens with one attached hydrogen (secondary N) is 1. The fourth-order valence-electron chi connectivity index (χ4n) is 4.05. The van der Waals surface area contributed by atoms with Crippen LogP contribution in [0.15, 0.2) is 60.9 Å². The van der Waals surface area contributed by atoms with Crippen LogP contribution < -0.4 is 0 Å². The zero-order chi connectivity index (χ0) is 20.8. The molecule has 30 heavy (non-hydrogen) atoms. The number of H-pyrrole nitrogens is 1. The second-order valence-electron chi connectivity index (χ2n) is 7.77. The lowest BCUT2D eigenvalue weighted by molar-refractivity contribution is 0.0726. The lowest BCUT2D eigenvalue weighted by atomic mass is 10.1. The molecule has 1 amide bonds. The molecule has 150 valence electrons. The van der Waals surface area contributed by atoms with Crippen LogP contribution in [0.4, 0.5) is 0 Å². The van der Waals surface area contributed by atoms with Gasteiger partial charge in [-0.1, -0.05) is 24.3 Å². The Balaban J connectivity index is 1.57. The number of aryl methyl sites for hydroxylation is 2. The fourth-order valence-corrected chi connectivity index (χ4v) is 4.05. The molecule has 1 aliphatic rings. The molecule has 7 heteroatoms. The highest BCUT2D eigenvalue weighted by molar-refractivity contribution is 5.96. The summed E-state index contributed by atoms with van der Waals surface area (Å²) in [6.07, 6.45) is 4.17. The third-order valence-electron chi connectivity index (χ3n) is 5.53. The quantitative estimate of drug-likeness (QED) is 0.531. The van der Waals surface area contributed by atoms with Gasteiger partial charge in [0.05, 0.1) is 22.8 Å². The zero-order valence-electron chi connectivity index (χ0n) is 17.0. The summed E-state index contributed by atoms with van der Waals surface area (Å²) >= 11 is 0. The van der Waals surface area contributed by atoms with E-state index in [4.69, 9.17) is 4.98 Å². The van der Waals surface area contributed by atoms with E-state index in [0.717, 1.165) is 33.7 Å². The van der Waals surface area contributed by atoms with Crippen LogP contribution in [-0.2, 0) is 0 Å². The number of carbonyl (C=O) groups is 1. The Morgan fingerprint density at radius 2 is 2.03 bits per heavy atom. The third kappa shape index (κ3) is 2.99. The number of amides is 1. The summed E-state index contributed by atoms with van der Waals surface area (Å²) in [5.74, 6) is 0.629. The average Bonchev–Trinajstić information content (AvgIpc) is 3.47. The molecule has 1 saturated heterocycles. The first-order valence-electron chi connectivity index (χ1n) is 9.92. The molecule has 1 aromatic carbocycles. The van der Waals surface area contributed by atoms with Gasteiger partial charge in [-0.25, -0.2) is 14.6 Å². The number of benzene rings is 1. The van der Waals surface area contributed by atoms with Crippen LogP contribution >= 0.6 is 0 Å². The van der Waals surface area contributed by atoms with E-state index in [-0.39, 0.29) is 11.9 Å². The van der Waals surface area contributed by atoms with Crippen LogP contribution in [0.5, 0.6) is 0 Å². The molecule has 4 aromatic rings. The summed E-state index contributed by atoms with van der Waals surface area (Å²) in [4.78, 5) is 28.3. The van der Waals surface area contributed by atoms with E-state index in [9.17, 15) is 4.79 Å². The maximum atomic E-state index is 13.7. The van der Waals surface area contributed by atoms with Gasteiger partial charge in [-0.3, -0.25) is 4.79 Å². The minimum absolute atomic E-state index is 0.148. The van der Waals surface area contributed by atoms with Gasteiger partial charge in [-0.15, -0.1) is 0 Å². The van der Waals surface area contributed by atoms with Crippen molar-refractivity contribution in [3.8, 4) is 5.69 Å². The van der Waals surface area contributed by atoms with Crippen LogP contribution in [-0.4, -0.2) is 42.1 Å². The normalized spacial score (nSPS) is 16.5. The summed E-state index contributed by atoms with van der Waals surface area (Å²) in [6.45, 7) is 8.54. The van der Waals surface area contributed by atoms with Gasteiger partial charge in [0.25, 0.3) is 5.91 Å². The molecule has 3 aromatic heterocycles. The van der Waals surface area contributed by atoms with Crippen LogP contribution in [0.1, 0.15) is 40.0 Å². The van der Waals surface area contributed by atoms with Gasteiger partial charge in [-0.2, -0.15) is 5.10 Å². The molecule has 1 N–H and O–H groups in total. The van der Waals surface area contributed by atoms with Gasteiger partial charge in [0.2, 0.25) is 0 Å². The number of likely N-dealkylation sites (tertiary alicyclic amines) is 1. The van der Waals surface area contributed by atoms with E-state index >= 15 is 0 Å². The van der Waals surface area contributed by atoms with Crippen molar-refractivity contribution in [2.75, 3.05) is 6.54 Å². The van der Waals surface area contributed by atoms with Crippen molar-refractivity contribution in [1.82, 2.24) is 29.6 Å². The molecule has 0 aliphatic carbocycles. The molecule has 0 bridgehead atoms. The van der Waals surface area contributed by atoms with E-state index in [1.807, 2.05) is 61.3 Å². The topological polar surface area (TPSA) is 79.7 Å². The standard InChI is InChI=1S/C23H22N6O/c1-14-12-19(22-26-17-7-4-6-15(2)20(17)27-22)28(13-14)23(30)21-18(9-8-16(3)25-21)29-11-5-10-24-29/h4-11,19H,1,12-13H2,2-3H3,(H,26,27). The van der Waals surface area contributed by atoms with Gasteiger partial charge < -0.3 is 9.88 Å². The molecule has 1 unspecified atom stereocenters. The van der Waals surface area contributed by atoms with Crippen LogP contribution in [0, 0.1) is 13.8 Å². The molecule has 0 radical (unpaired) electrons. The van der Waals surface area contributed by atoms with Gasteiger partial charge in [0, 0.05) is 24.6 Å². The summed E-state index contributed by atoms with van der Waals surface area (Å²) in [5, 5.41) is 4.29. The van der Waals surface area contributed by atoms with Crippen LogP contribution in [0.3, 0.4) is 0 Å². The second kappa shape index (κ2) is 6.95. The average molecular weight is 398 g/mol. The summed E-state index contributed by atoms with van der Waals surface area (Å²) in [7, 11) is 0. The van der Waals surface area contributed by atoms with Crippen molar-refractivity contribution in [3.05, 3.63) is 83.7 Å². The number of carbonyl (C=O) groups excluding carboxylic acids is 1. The number of imidazole rings is 1. The maximum absolute atomic E-state index is 13.7. The summed E-state index contributed by atoms with van der Waals surface area (Å²) in [6, 6.07) is 11.4. The molecule has 0 spiro atoms. The van der Waals surface area contributed by atoms with Gasteiger partial charge >= 0.3 is 0 Å². The maximum Gasteiger partial charge on any atom is 0.275 e. The van der Waals surface area contributed by atoms with Crippen molar-refractivity contribution in [3.63, 3.8) is 0 Å². The Morgan fingerprint density at radius 3 is 2.80 bits per heavy atom. The van der Waals surface area contributed by atoms with Crippen molar-refractivity contribution < 1.29 is 4.79 Å². The smallest absolute Gasteiger partial charge is 0.275 e. The molecular weight excluding hydrogens is 376 g/mol. The Morgan fingerprint density at radius 1 is 1.17 bits per heavy atom. The Bertz CT molecular complexity index is 1270. The van der Waals surface area contributed by atoms with Crippen LogP contribution in [0.2, 0.25) is 0 Å². The second-order valence-corrected chi connectivity index (χ2v) is 7.77. The number of aromatic amines is 1. The predicted molar refractivity (Wildman–Crippen MR) is 114 cm³/mol. The molecule has 5 rings (SSSR count). The Kier molecular flexibility index (Phi) is 4.24. The van der Waals surface area contributed by atoms with Crippen molar-refractivity contribution >= 4 is 16.9 Å². The van der Waals surface area contributed by atoms with Crippen LogP contribution in [0.25, 0.3) is 16.7 Å². The predicted octanol–water partition coefficient (Wildman–Crippen LogP) is 3.90. The lowest BCUT2D eigenvalue weighted by Crippen LogP contribution is -2.33. The molecule has 7 nitrogen and oxygen atoms in total. The number of rotatable bonds is 3. The third-order valence-corrected chi connectivity index (χ3v) is 5.53. The van der Waals surface area contributed by atoms with E-state index in [0.29, 0.717) is 24.3 Å². The lowest BCUT2D eigenvalue weighted by Gasteiger charge is -2.23. The first-order valence-corrected chi connectivity index (χ1v) is 9.92. The zero-order valence-corrected chi connectivity index (χ0v) is 17.0. The van der Waals surface area contributed by atoms with Crippen molar-refractivity contribution in [2.24, 2.45) is 0 Å². The van der Waals surface area contributed by atoms with E-state index in [2.05, 4.69) is 21.6 Å². The number of pyridine rings is 1. The van der Waals surface area contributed by atoms with E-state index in [1.165, 1.54) is 0 Å². The first-order chi connectivity index (χ1) is 14.5. The molecule has 1 atom stereocenters. The molecule has 0 saturated carbocycles. The largest absolute Gasteiger partial charge is 0.340 e. The molecule has 1 fully saturated rings.